The van der Waals surface area contributed by atoms with Crippen molar-refractivity contribution in [3.8, 4) is 22.8 Å². The van der Waals surface area contributed by atoms with Gasteiger partial charge >= 0.3 is 0 Å². The molecule has 7 nitrogen and oxygen atoms in total. The van der Waals surface area contributed by atoms with Crippen LogP contribution in [0.3, 0.4) is 0 Å². The molecule has 1 amide bonds. The van der Waals surface area contributed by atoms with Crippen LogP contribution in [-0.2, 0) is 0 Å². The van der Waals surface area contributed by atoms with Crippen LogP contribution in [0.1, 0.15) is 23.0 Å². The summed E-state index contributed by atoms with van der Waals surface area (Å²) in [5.41, 5.74) is 4.85. The van der Waals surface area contributed by atoms with Gasteiger partial charge in [-0.3, -0.25) is 9.89 Å². The highest BCUT2D eigenvalue weighted by Crippen LogP contribution is 2.22. The van der Waals surface area contributed by atoms with Gasteiger partial charge in [0.05, 0.1) is 18.5 Å². The molecule has 0 aliphatic rings. The fourth-order valence-electron chi connectivity index (χ4n) is 2.33. The van der Waals surface area contributed by atoms with E-state index in [1.165, 1.54) is 12.3 Å². The van der Waals surface area contributed by atoms with Gasteiger partial charge in [-0.05, 0) is 42.8 Å². The third kappa shape index (κ3) is 4.27. The van der Waals surface area contributed by atoms with E-state index in [0.29, 0.717) is 17.9 Å². The second-order valence-electron chi connectivity index (χ2n) is 5.42. The number of phenolic OH excluding ortho intramolecular Hbond substituents is 1. The van der Waals surface area contributed by atoms with Gasteiger partial charge in [0.1, 0.15) is 17.2 Å². The molecule has 2 aromatic carbocycles. The molecule has 7 heteroatoms. The minimum atomic E-state index is -0.416. The lowest BCUT2D eigenvalue weighted by Crippen LogP contribution is -2.17. The van der Waals surface area contributed by atoms with E-state index in [1.54, 1.807) is 24.3 Å². The fraction of sp³-hybridized carbons (Fsp3) is 0.105. The summed E-state index contributed by atoms with van der Waals surface area (Å²) in [4.78, 5) is 12.1. The molecule has 26 heavy (non-hydrogen) atoms. The van der Waals surface area contributed by atoms with E-state index in [9.17, 15) is 9.90 Å². The number of hydrogen-bond donors (Lipinski definition) is 3. The zero-order valence-corrected chi connectivity index (χ0v) is 14.1. The first-order valence-corrected chi connectivity index (χ1v) is 8.07. The van der Waals surface area contributed by atoms with Gasteiger partial charge in [-0.25, -0.2) is 5.43 Å². The molecule has 0 aliphatic carbocycles. The van der Waals surface area contributed by atoms with Gasteiger partial charge in [0, 0.05) is 5.56 Å². The van der Waals surface area contributed by atoms with E-state index in [4.69, 9.17) is 4.74 Å². The quantitative estimate of drug-likeness (QED) is 0.470. The largest absolute Gasteiger partial charge is 0.508 e. The zero-order valence-electron chi connectivity index (χ0n) is 14.1. The predicted molar refractivity (Wildman–Crippen MR) is 98.4 cm³/mol. The van der Waals surface area contributed by atoms with Crippen LogP contribution in [0.5, 0.6) is 11.5 Å². The van der Waals surface area contributed by atoms with E-state index in [-0.39, 0.29) is 11.4 Å². The topological polar surface area (TPSA) is 99.6 Å². The summed E-state index contributed by atoms with van der Waals surface area (Å²) in [7, 11) is 0. The number of H-pyrrole nitrogens is 1. The van der Waals surface area contributed by atoms with Gasteiger partial charge in [-0.15, -0.1) is 0 Å². The number of nitrogens with one attached hydrogen (secondary N) is 2. The fourth-order valence-corrected chi connectivity index (χ4v) is 2.33. The SMILES string of the molecule is CCOc1cccc(-c2cc(C(=O)N/N=C\c3cccc(O)c3)[nH]n2)c1. The number of carbonyl (C=O) groups is 1. The first kappa shape index (κ1) is 17.2. The van der Waals surface area contributed by atoms with Crippen LogP contribution in [-0.4, -0.2) is 34.0 Å². The summed E-state index contributed by atoms with van der Waals surface area (Å²) in [6, 6.07) is 15.7. The third-order valence-corrected chi connectivity index (χ3v) is 3.51. The van der Waals surface area contributed by atoms with Crippen molar-refractivity contribution >= 4 is 12.1 Å². The molecular weight excluding hydrogens is 332 g/mol. The van der Waals surface area contributed by atoms with Gasteiger partial charge in [-0.1, -0.05) is 24.3 Å². The number of amides is 1. The number of aromatic hydroxyl groups is 1. The average Bonchev–Trinajstić information content (AvgIpc) is 3.13. The lowest BCUT2D eigenvalue weighted by Gasteiger charge is -2.03. The van der Waals surface area contributed by atoms with Crippen LogP contribution in [0.4, 0.5) is 0 Å². The van der Waals surface area contributed by atoms with Crippen molar-refractivity contribution in [3.05, 3.63) is 65.9 Å². The molecule has 0 atom stereocenters. The molecule has 0 radical (unpaired) electrons. The van der Waals surface area contributed by atoms with Crippen LogP contribution in [0, 0.1) is 0 Å². The van der Waals surface area contributed by atoms with E-state index in [2.05, 4.69) is 20.7 Å². The van der Waals surface area contributed by atoms with Gasteiger partial charge in [0.2, 0.25) is 0 Å². The standard InChI is InChI=1S/C19H18N4O3/c1-2-26-16-8-4-6-14(10-16)17-11-18(22-21-17)19(25)23-20-12-13-5-3-7-15(24)9-13/h3-12,24H,2H2,1H3,(H,21,22)(H,23,25)/b20-12-. The second kappa shape index (κ2) is 7.98. The number of hydrogen-bond acceptors (Lipinski definition) is 5. The Morgan fingerprint density at radius 1 is 1.27 bits per heavy atom. The summed E-state index contributed by atoms with van der Waals surface area (Å²) in [6.45, 7) is 2.50. The number of carbonyl (C=O) groups excluding carboxylic acids is 1. The summed E-state index contributed by atoms with van der Waals surface area (Å²) in [5.74, 6) is 0.462. The van der Waals surface area contributed by atoms with Gasteiger partial charge < -0.3 is 9.84 Å². The molecule has 1 heterocycles. The lowest BCUT2D eigenvalue weighted by atomic mass is 10.1. The molecule has 1 aromatic heterocycles. The Bertz CT molecular complexity index is 934. The maximum atomic E-state index is 12.1. The number of aromatic nitrogens is 2. The summed E-state index contributed by atoms with van der Waals surface area (Å²) >= 11 is 0. The van der Waals surface area contributed by atoms with Crippen molar-refractivity contribution in [2.45, 2.75) is 6.92 Å². The molecule has 0 aliphatic heterocycles. The lowest BCUT2D eigenvalue weighted by molar-refractivity contribution is 0.0950. The summed E-state index contributed by atoms with van der Waals surface area (Å²) < 4.78 is 5.47. The Morgan fingerprint density at radius 2 is 2.12 bits per heavy atom. The molecule has 132 valence electrons. The number of aromatic amines is 1. The van der Waals surface area contributed by atoms with Crippen molar-refractivity contribution in [3.63, 3.8) is 0 Å². The van der Waals surface area contributed by atoms with Crippen molar-refractivity contribution < 1.29 is 14.6 Å². The van der Waals surface area contributed by atoms with E-state index < -0.39 is 5.91 Å². The Balaban J connectivity index is 1.67. The van der Waals surface area contributed by atoms with Crippen molar-refractivity contribution in [2.24, 2.45) is 5.10 Å². The highest BCUT2D eigenvalue weighted by atomic mass is 16.5. The van der Waals surface area contributed by atoms with Crippen LogP contribution >= 0.6 is 0 Å². The Morgan fingerprint density at radius 3 is 2.92 bits per heavy atom. The Hall–Kier alpha value is -3.61. The number of ether oxygens (including phenoxy) is 1. The average molecular weight is 350 g/mol. The molecule has 3 rings (SSSR count). The molecule has 0 saturated carbocycles. The number of nitrogens with zero attached hydrogens (tertiary/aromatic N) is 2. The molecule has 0 spiro atoms. The maximum Gasteiger partial charge on any atom is 0.289 e. The Labute approximate surface area is 150 Å². The van der Waals surface area contributed by atoms with Gasteiger partial charge in [0.25, 0.3) is 5.91 Å². The highest BCUT2D eigenvalue weighted by molar-refractivity contribution is 5.94. The number of benzene rings is 2. The molecule has 0 unspecified atom stereocenters. The molecule has 0 bridgehead atoms. The second-order valence-corrected chi connectivity index (χ2v) is 5.42. The van der Waals surface area contributed by atoms with Crippen molar-refractivity contribution in [1.82, 2.24) is 15.6 Å². The van der Waals surface area contributed by atoms with E-state index >= 15 is 0 Å². The van der Waals surface area contributed by atoms with Crippen LogP contribution in [0.15, 0.2) is 59.7 Å². The first-order valence-electron chi connectivity index (χ1n) is 8.07. The molecular formula is C19H18N4O3. The summed E-state index contributed by atoms with van der Waals surface area (Å²) in [5, 5.41) is 20.1. The highest BCUT2D eigenvalue weighted by Gasteiger charge is 2.11. The number of rotatable bonds is 6. The zero-order chi connectivity index (χ0) is 18.4. The van der Waals surface area contributed by atoms with Crippen molar-refractivity contribution in [2.75, 3.05) is 6.61 Å². The van der Waals surface area contributed by atoms with Crippen LogP contribution in [0.25, 0.3) is 11.3 Å². The van der Waals surface area contributed by atoms with E-state index in [0.717, 1.165) is 11.3 Å². The number of hydrazone groups is 1. The monoisotopic (exact) mass is 350 g/mol. The van der Waals surface area contributed by atoms with E-state index in [1.807, 2.05) is 31.2 Å². The molecule has 3 N–H and O–H groups in total. The molecule has 3 aromatic rings. The minimum absolute atomic E-state index is 0.132. The van der Waals surface area contributed by atoms with Crippen LogP contribution in [0.2, 0.25) is 0 Å². The minimum Gasteiger partial charge on any atom is -0.508 e. The Kier molecular flexibility index (Phi) is 5.28. The predicted octanol–water partition coefficient (Wildman–Crippen LogP) is 2.94. The normalized spacial score (nSPS) is 10.8. The van der Waals surface area contributed by atoms with Gasteiger partial charge in [0.15, 0.2) is 0 Å². The summed E-state index contributed by atoms with van der Waals surface area (Å²) in [6.07, 6.45) is 1.44. The van der Waals surface area contributed by atoms with Crippen molar-refractivity contribution in [1.29, 1.82) is 0 Å². The third-order valence-electron chi connectivity index (χ3n) is 3.51. The molecule has 0 fully saturated rings. The first-order chi connectivity index (χ1) is 12.7. The maximum absolute atomic E-state index is 12.1. The van der Waals surface area contributed by atoms with Gasteiger partial charge in [-0.2, -0.15) is 10.2 Å². The smallest absolute Gasteiger partial charge is 0.289 e. The number of phenols is 1. The molecule has 0 saturated heterocycles. The van der Waals surface area contributed by atoms with Crippen LogP contribution < -0.4 is 10.2 Å².